The van der Waals surface area contributed by atoms with Crippen LogP contribution in [0, 0.1) is 0 Å². The SMILES string of the molecule is CC(C)(O)COCCCCl. The minimum absolute atomic E-state index is 0.379. The maximum atomic E-state index is 9.16. The van der Waals surface area contributed by atoms with Crippen molar-refractivity contribution >= 4 is 11.6 Å². The lowest BCUT2D eigenvalue weighted by Crippen LogP contribution is -2.26. The number of hydrogen-bond acceptors (Lipinski definition) is 2. The van der Waals surface area contributed by atoms with E-state index in [2.05, 4.69) is 0 Å². The predicted octanol–water partition coefficient (Wildman–Crippen LogP) is 1.40. The molecule has 0 unspecified atom stereocenters. The summed E-state index contributed by atoms with van der Waals surface area (Å²) < 4.78 is 5.10. The van der Waals surface area contributed by atoms with Crippen LogP contribution in [-0.4, -0.2) is 29.8 Å². The zero-order valence-corrected chi connectivity index (χ0v) is 7.32. The Morgan fingerprint density at radius 2 is 2.10 bits per heavy atom. The van der Waals surface area contributed by atoms with Crippen molar-refractivity contribution < 1.29 is 9.84 Å². The van der Waals surface area contributed by atoms with Crippen molar-refractivity contribution in [2.45, 2.75) is 25.9 Å². The summed E-state index contributed by atoms with van der Waals surface area (Å²) in [6, 6.07) is 0. The highest BCUT2D eigenvalue weighted by Gasteiger charge is 2.11. The van der Waals surface area contributed by atoms with Gasteiger partial charge in [-0.05, 0) is 20.3 Å². The van der Waals surface area contributed by atoms with Crippen LogP contribution in [-0.2, 0) is 4.74 Å². The molecule has 10 heavy (non-hydrogen) atoms. The molecule has 0 atom stereocenters. The smallest absolute Gasteiger partial charge is 0.0824 e. The lowest BCUT2D eigenvalue weighted by atomic mass is 10.2. The van der Waals surface area contributed by atoms with Gasteiger partial charge < -0.3 is 9.84 Å². The Hall–Kier alpha value is 0.210. The monoisotopic (exact) mass is 166 g/mol. The van der Waals surface area contributed by atoms with Crippen molar-refractivity contribution in [1.29, 1.82) is 0 Å². The number of hydrogen-bond donors (Lipinski definition) is 1. The van der Waals surface area contributed by atoms with Crippen molar-refractivity contribution in [1.82, 2.24) is 0 Å². The van der Waals surface area contributed by atoms with Crippen molar-refractivity contribution in [2.24, 2.45) is 0 Å². The van der Waals surface area contributed by atoms with E-state index >= 15 is 0 Å². The molecule has 3 heteroatoms. The lowest BCUT2D eigenvalue weighted by molar-refractivity contribution is -0.0203. The van der Waals surface area contributed by atoms with E-state index in [9.17, 15) is 0 Å². The second-order valence-electron chi connectivity index (χ2n) is 2.91. The Kier molecular flexibility index (Phi) is 5.04. The van der Waals surface area contributed by atoms with E-state index in [1.807, 2.05) is 0 Å². The van der Waals surface area contributed by atoms with Crippen LogP contribution in [0.15, 0.2) is 0 Å². The zero-order chi connectivity index (χ0) is 8.04. The molecule has 0 heterocycles. The van der Waals surface area contributed by atoms with Gasteiger partial charge in [0, 0.05) is 12.5 Å². The topological polar surface area (TPSA) is 29.5 Å². The molecule has 0 saturated heterocycles. The van der Waals surface area contributed by atoms with Gasteiger partial charge in [0.1, 0.15) is 0 Å². The van der Waals surface area contributed by atoms with Gasteiger partial charge in [0.2, 0.25) is 0 Å². The summed E-state index contributed by atoms with van der Waals surface area (Å²) in [5, 5.41) is 9.16. The molecule has 62 valence electrons. The standard InChI is InChI=1S/C7H15ClO2/c1-7(2,9)6-10-5-3-4-8/h9H,3-6H2,1-2H3. The fourth-order valence-corrected chi connectivity index (χ4v) is 0.588. The van der Waals surface area contributed by atoms with Crippen LogP contribution in [0.5, 0.6) is 0 Å². The predicted molar refractivity (Wildman–Crippen MR) is 42.5 cm³/mol. The number of rotatable bonds is 5. The zero-order valence-electron chi connectivity index (χ0n) is 6.56. The third-order valence-corrected chi connectivity index (χ3v) is 1.14. The molecule has 0 aromatic carbocycles. The van der Waals surface area contributed by atoms with Crippen LogP contribution in [0.2, 0.25) is 0 Å². The van der Waals surface area contributed by atoms with Gasteiger partial charge in [-0.2, -0.15) is 0 Å². The summed E-state index contributed by atoms with van der Waals surface area (Å²) in [6.45, 7) is 4.44. The molecular formula is C7H15ClO2. The Morgan fingerprint density at radius 1 is 1.50 bits per heavy atom. The van der Waals surface area contributed by atoms with E-state index < -0.39 is 5.60 Å². The molecule has 0 bridgehead atoms. The first-order valence-corrected chi connectivity index (χ1v) is 3.96. The van der Waals surface area contributed by atoms with Gasteiger partial charge in [-0.15, -0.1) is 11.6 Å². The minimum atomic E-state index is -0.716. The van der Waals surface area contributed by atoms with Gasteiger partial charge in [-0.1, -0.05) is 0 Å². The van der Waals surface area contributed by atoms with Crippen molar-refractivity contribution in [2.75, 3.05) is 19.1 Å². The molecule has 0 aromatic rings. The molecule has 1 N–H and O–H groups in total. The highest BCUT2D eigenvalue weighted by Crippen LogP contribution is 2.01. The van der Waals surface area contributed by atoms with Gasteiger partial charge in [0.15, 0.2) is 0 Å². The average Bonchev–Trinajstić information content (AvgIpc) is 1.78. The van der Waals surface area contributed by atoms with Gasteiger partial charge in [0.05, 0.1) is 12.2 Å². The normalized spacial score (nSPS) is 12.0. The summed E-state index contributed by atoms with van der Waals surface area (Å²) in [7, 11) is 0. The van der Waals surface area contributed by atoms with Crippen LogP contribution in [0.3, 0.4) is 0 Å². The van der Waals surface area contributed by atoms with Gasteiger partial charge in [-0.3, -0.25) is 0 Å². The van der Waals surface area contributed by atoms with Gasteiger partial charge in [-0.25, -0.2) is 0 Å². The van der Waals surface area contributed by atoms with E-state index in [0.717, 1.165) is 6.42 Å². The molecule has 0 amide bonds. The van der Waals surface area contributed by atoms with Gasteiger partial charge >= 0.3 is 0 Å². The first kappa shape index (κ1) is 10.2. The van der Waals surface area contributed by atoms with E-state index in [-0.39, 0.29) is 0 Å². The summed E-state index contributed by atoms with van der Waals surface area (Å²) >= 11 is 5.41. The van der Waals surface area contributed by atoms with Gasteiger partial charge in [0.25, 0.3) is 0 Å². The molecule has 0 rings (SSSR count). The fraction of sp³-hybridized carbons (Fsp3) is 1.00. The third-order valence-electron chi connectivity index (χ3n) is 0.878. The third kappa shape index (κ3) is 8.21. The highest BCUT2D eigenvalue weighted by atomic mass is 35.5. The molecule has 0 saturated carbocycles. The number of aliphatic hydroxyl groups is 1. The first-order valence-electron chi connectivity index (χ1n) is 3.42. The average molecular weight is 167 g/mol. The molecule has 0 spiro atoms. The van der Waals surface area contributed by atoms with Crippen LogP contribution < -0.4 is 0 Å². The molecule has 0 aliphatic carbocycles. The maximum absolute atomic E-state index is 9.16. The molecule has 0 radical (unpaired) electrons. The molecule has 0 aliphatic heterocycles. The Labute approximate surface area is 67.1 Å². The Morgan fingerprint density at radius 3 is 2.50 bits per heavy atom. The Balaban J connectivity index is 3.04. The van der Waals surface area contributed by atoms with Crippen molar-refractivity contribution in [3.63, 3.8) is 0 Å². The van der Waals surface area contributed by atoms with E-state index in [0.29, 0.717) is 19.1 Å². The molecule has 0 aromatic heterocycles. The van der Waals surface area contributed by atoms with Crippen LogP contribution in [0.1, 0.15) is 20.3 Å². The Bertz CT molecular complexity index is 78.2. The molecule has 2 nitrogen and oxygen atoms in total. The highest BCUT2D eigenvalue weighted by molar-refractivity contribution is 6.17. The number of alkyl halides is 1. The summed E-state index contributed by atoms with van der Waals surface area (Å²) in [5.41, 5.74) is -0.716. The quantitative estimate of drug-likeness (QED) is 0.494. The van der Waals surface area contributed by atoms with Crippen LogP contribution in [0.4, 0.5) is 0 Å². The molecular weight excluding hydrogens is 152 g/mol. The first-order chi connectivity index (χ1) is 4.56. The maximum Gasteiger partial charge on any atom is 0.0824 e. The number of ether oxygens (including phenoxy) is 1. The van der Waals surface area contributed by atoms with Crippen LogP contribution >= 0.6 is 11.6 Å². The summed E-state index contributed by atoms with van der Waals surface area (Å²) in [5.74, 6) is 0.617. The van der Waals surface area contributed by atoms with E-state index in [1.165, 1.54) is 0 Å². The largest absolute Gasteiger partial charge is 0.388 e. The molecule has 0 fully saturated rings. The summed E-state index contributed by atoms with van der Waals surface area (Å²) in [6.07, 6.45) is 0.845. The second kappa shape index (κ2) is 4.94. The van der Waals surface area contributed by atoms with Crippen molar-refractivity contribution in [3.8, 4) is 0 Å². The second-order valence-corrected chi connectivity index (χ2v) is 3.29. The minimum Gasteiger partial charge on any atom is -0.388 e. The van der Waals surface area contributed by atoms with E-state index in [4.69, 9.17) is 21.4 Å². The number of halogens is 1. The van der Waals surface area contributed by atoms with Crippen molar-refractivity contribution in [3.05, 3.63) is 0 Å². The fourth-order valence-electron chi connectivity index (χ4n) is 0.479. The molecule has 0 aliphatic rings. The lowest BCUT2D eigenvalue weighted by Gasteiger charge is -2.16. The van der Waals surface area contributed by atoms with E-state index in [1.54, 1.807) is 13.8 Å². The summed E-state index contributed by atoms with van der Waals surface area (Å²) in [4.78, 5) is 0. The van der Waals surface area contributed by atoms with Crippen LogP contribution in [0.25, 0.3) is 0 Å².